The summed E-state index contributed by atoms with van der Waals surface area (Å²) in [4.78, 5) is 27.5. The smallest absolute Gasteiger partial charge is 0.324 e. The van der Waals surface area contributed by atoms with E-state index in [9.17, 15) is 9.59 Å². The van der Waals surface area contributed by atoms with E-state index in [1.807, 2.05) is 6.92 Å². The number of amides is 3. The first-order valence-corrected chi connectivity index (χ1v) is 9.69. The molecule has 1 aromatic heterocycles. The van der Waals surface area contributed by atoms with Crippen LogP contribution < -0.4 is 16.4 Å². The molecule has 28 heavy (non-hydrogen) atoms. The highest BCUT2D eigenvalue weighted by Gasteiger charge is 2.22. The second kappa shape index (κ2) is 10.1. The number of ether oxygens (including phenoxy) is 1. The number of nitrogens with two attached hydrogens (primary N) is 1. The molecule has 3 rings (SSSR count). The van der Waals surface area contributed by atoms with Crippen LogP contribution in [-0.2, 0) is 11.3 Å². The van der Waals surface area contributed by atoms with Gasteiger partial charge in [-0.2, -0.15) is 0 Å². The Bertz CT molecular complexity index is 836. The number of benzene rings is 1. The largest absolute Gasteiger partial charge is 0.379 e. The predicted octanol–water partition coefficient (Wildman–Crippen LogP) is 3.71. The lowest BCUT2D eigenvalue weighted by molar-refractivity contribution is 0.0345. The first kappa shape index (κ1) is 22.4. The minimum atomic E-state index is -0.557. The molecule has 7 nitrogen and oxygen atoms in total. The molecule has 10 heteroatoms. The third-order valence-corrected chi connectivity index (χ3v) is 5.74. The highest BCUT2D eigenvalue weighted by atomic mass is 35.5. The normalized spacial score (nSPS) is 14.2. The van der Waals surface area contributed by atoms with Crippen LogP contribution in [0, 0.1) is 6.92 Å². The zero-order valence-electron chi connectivity index (χ0n) is 15.3. The van der Waals surface area contributed by atoms with Crippen molar-refractivity contribution >= 4 is 58.0 Å². The zero-order chi connectivity index (χ0) is 19.4. The van der Waals surface area contributed by atoms with Crippen molar-refractivity contribution in [2.45, 2.75) is 13.5 Å². The Balaban J connectivity index is 0.00000280. The van der Waals surface area contributed by atoms with Gasteiger partial charge in [0, 0.05) is 35.2 Å². The predicted molar refractivity (Wildman–Crippen MR) is 115 cm³/mol. The lowest BCUT2D eigenvalue weighted by atomic mass is 10.1. The van der Waals surface area contributed by atoms with Gasteiger partial charge in [-0.3, -0.25) is 15.0 Å². The first-order chi connectivity index (χ1) is 12.9. The molecule has 0 radical (unpaired) electrons. The van der Waals surface area contributed by atoms with Gasteiger partial charge in [-0.15, -0.1) is 23.7 Å². The fraction of sp³-hybridized carbons (Fsp3) is 0.333. The van der Waals surface area contributed by atoms with Crippen molar-refractivity contribution < 1.29 is 14.3 Å². The van der Waals surface area contributed by atoms with E-state index in [1.165, 1.54) is 11.3 Å². The molecular formula is C18H22Cl2N4O3S. The number of nitrogens with one attached hydrogen (secondary N) is 2. The molecule has 1 aliphatic rings. The van der Waals surface area contributed by atoms with E-state index in [-0.39, 0.29) is 12.4 Å². The van der Waals surface area contributed by atoms with Gasteiger partial charge in [0.1, 0.15) is 5.00 Å². The third kappa shape index (κ3) is 5.59. The number of morpholine rings is 1. The first-order valence-electron chi connectivity index (χ1n) is 8.50. The Hall–Kier alpha value is -1.84. The minimum absolute atomic E-state index is 0. The summed E-state index contributed by atoms with van der Waals surface area (Å²) in [6.07, 6.45) is 0. The van der Waals surface area contributed by atoms with Crippen molar-refractivity contribution in [1.82, 2.24) is 4.90 Å². The Morgan fingerprint density at radius 3 is 2.46 bits per heavy atom. The number of thiophene rings is 1. The lowest BCUT2D eigenvalue weighted by Crippen LogP contribution is -2.35. The van der Waals surface area contributed by atoms with E-state index in [0.717, 1.165) is 23.5 Å². The van der Waals surface area contributed by atoms with Gasteiger partial charge in [0.25, 0.3) is 5.91 Å². The van der Waals surface area contributed by atoms with Crippen LogP contribution in [-0.4, -0.2) is 43.1 Å². The third-order valence-electron chi connectivity index (χ3n) is 4.29. The van der Waals surface area contributed by atoms with Crippen LogP contribution >= 0.6 is 35.3 Å². The van der Waals surface area contributed by atoms with Crippen LogP contribution in [0.3, 0.4) is 0 Å². The molecule has 1 aromatic carbocycles. The minimum Gasteiger partial charge on any atom is -0.379 e. The number of hydrogen-bond acceptors (Lipinski definition) is 5. The maximum absolute atomic E-state index is 12.3. The van der Waals surface area contributed by atoms with Crippen molar-refractivity contribution in [3.05, 3.63) is 45.3 Å². The number of rotatable bonds is 5. The van der Waals surface area contributed by atoms with E-state index in [0.29, 0.717) is 41.0 Å². The SMILES string of the molecule is Cc1c(CN2CCOCC2)sc(NC(=O)Nc2ccc(Cl)cc2)c1C(N)=O.Cl. The zero-order valence-corrected chi connectivity index (χ0v) is 17.7. The Morgan fingerprint density at radius 2 is 1.86 bits per heavy atom. The van der Waals surface area contributed by atoms with E-state index in [2.05, 4.69) is 15.5 Å². The van der Waals surface area contributed by atoms with Crippen molar-refractivity contribution in [2.24, 2.45) is 5.73 Å². The molecule has 3 amide bonds. The number of urea groups is 1. The summed E-state index contributed by atoms with van der Waals surface area (Å²) in [5, 5.41) is 6.49. The van der Waals surface area contributed by atoms with Gasteiger partial charge in [-0.25, -0.2) is 4.79 Å². The molecular weight excluding hydrogens is 423 g/mol. The van der Waals surface area contributed by atoms with Crippen LogP contribution in [0.25, 0.3) is 0 Å². The van der Waals surface area contributed by atoms with Crippen LogP contribution in [0.4, 0.5) is 15.5 Å². The molecule has 0 bridgehead atoms. The van der Waals surface area contributed by atoms with Gasteiger partial charge in [0.05, 0.1) is 18.8 Å². The van der Waals surface area contributed by atoms with Crippen molar-refractivity contribution in [1.29, 1.82) is 0 Å². The molecule has 0 spiro atoms. The molecule has 2 heterocycles. The van der Waals surface area contributed by atoms with Crippen molar-refractivity contribution in [3.63, 3.8) is 0 Å². The number of primary amides is 1. The number of anilines is 2. The number of carbonyl (C=O) groups is 2. The van der Waals surface area contributed by atoms with Crippen LogP contribution in [0.2, 0.25) is 5.02 Å². The topological polar surface area (TPSA) is 96.7 Å². The number of nitrogens with zero attached hydrogens (tertiary/aromatic N) is 1. The van der Waals surface area contributed by atoms with E-state index >= 15 is 0 Å². The van der Waals surface area contributed by atoms with E-state index in [1.54, 1.807) is 24.3 Å². The summed E-state index contributed by atoms with van der Waals surface area (Å²) in [7, 11) is 0. The summed E-state index contributed by atoms with van der Waals surface area (Å²) in [5.74, 6) is -0.557. The summed E-state index contributed by atoms with van der Waals surface area (Å²) >= 11 is 7.22. The molecule has 1 aliphatic heterocycles. The molecule has 2 aromatic rings. The number of carbonyl (C=O) groups excluding carboxylic acids is 2. The van der Waals surface area contributed by atoms with Crippen LogP contribution in [0.15, 0.2) is 24.3 Å². The second-order valence-electron chi connectivity index (χ2n) is 6.19. The molecule has 152 valence electrons. The van der Waals surface area contributed by atoms with Gasteiger partial charge in [0.15, 0.2) is 0 Å². The van der Waals surface area contributed by atoms with Gasteiger partial charge >= 0.3 is 6.03 Å². The number of halogens is 2. The Labute approximate surface area is 178 Å². The van der Waals surface area contributed by atoms with Gasteiger partial charge < -0.3 is 15.8 Å². The molecule has 0 aliphatic carbocycles. The maximum atomic E-state index is 12.3. The molecule has 0 unspecified atom stereocenters. The molecule has 1 fully saturated rings. The fourth-order valence-electron chi connectivity index (χ4n) is 2.86. The fourth-order valence-corrected chi connectivity index (χ4v) is 4.23. The molecule has 0 atom stereocenters. The Kier molecular flexibility index (Phi) is 8.09. The standard InChI is InChI=1S/C18H21ClN4O3S.ClH/c1-11-14(10-23-6-8-26-9-7-23)27-17(15(11)16(20)24)22-18(25)21-13-4-2-12(19)3-5-13;/h2-5H,6-10H2,1H3,(H2,20,24)(H2,21,22,25);1H. The van der Waals surface area contributed by atoms with E-state index in [4.69, 9.17) is 22.1 Å². The van der Waals surface area contributed by atoms with E-state index < -0.39 is 11.9 Å². The van der Waals surface area contributed by atoms with Gasteiger partial charge in [-0.05, 0) is 36.8 Å². The van der Waals surface area contributed by atoms with Crippen molar-refractivity contribution in [2.75, 3.05) is 36.9 Å². The second-order valence-corrected chi connectivity index (χ2v) is 7.73. The molecule has 0 saturated carbocycles. The number of hydrogen-bond donors (Lipinski definition) is 3. The molecule has 4 N–H and O–H groups in total. The summed E-state index contributed by atoms with van der Waals surface area (Å²) < 4.78 is 5.37. The Morgan fingerprint density at radius 1 is 1.21 bits per heavy atom. The van der Waals surface area contributed by atoms with Crippen LogP contribution in [0.5, 0.6) is 0 Å². The summed E-state index contributed by atoms with van der Waals surface area (Å²) in [5.41, 5.74) is 7.31. The van der Waals surface area contributed by atoms with Gasteiger partial charge in [-0.1, -0.05) is 11.6 Å². The summed E-state index contributed by atoms with van der Waals surface area (Å²) in [6.45, 7) is 5.62. The van der Waals surface area contributed by atoms with Crippen LogP contribution in [0.1, 0.15) is 20.8 Å². The highest BCUT2D eigenvalue weighted by molar-refractivity contribution is 7.17. The quantitative estimate of drug-likeness (QED) is 0.654. The molecule has 1 saturated heterocycles. The van der Waals surface area contributed by atoms with Gasteiger partial charge in [0.2, 0.25) is 0 Å². The monoisotopic (exact) mass is 444 g/mol. The summed E-state index contributed by atoms with van der Waals surface area (Å²) in [6, 6.07) is 6.31. The maximum Gasteiger partial charge on any atom is 0.324 e. The average molecular weight is 445 g/mol. The lowest BCUT2D eigenvalue weighted by Gasteiger charge is -2.26. The average Bonchev–Trinajstić information content (AvgIpc) is 2.93. The van der Waals surface area contributed by atoms with Crippen molar-refractivity contribution in [3.8, 4) is 0 Å². The highest BCUT2D eigenvalue weighted by Crippen LogP contribution is 2.34.